The molecule has 0 saturated heterocycles. The van der Waals surface area contributed by atoms with Crippen molar-refractivity contribution in [2.45, 2.75) is 32.5 Å². The molecule has 2 aromatic rings. The first-order valence-electron chi connectivity index (χ1n) is 7.18. The molecule has 0 unspecified atom stereocenters. The third-order valence-electron chi connectivity index (χ3n) is 3.11. The summed E-state index contributed by atoms with van der Waals surface area (Å²) in [5.74, 6) is -0.329. The van der Waals surface area contributed by atoms with E-state index < -0.39 is 11.7 Å². The SMILES string of the molecule is CC(C)N=c1ccccn1C(=O)Cc1cccc(C(F)(F)F)c1. The molecule has 0 bridgehead atoms. The van der Waals surface area contributed by atoms with Gasteiger partial charge in [-0.2, -0.15) is 13.2 Å². The third-order valence-corrected chi connectivity index (χ3v) is 3.11. The number of aromatic nitrogens is 1. The van der Waals surface area contributed by atoms with Crippen LogP contribution in [0.2, 0.25) is 0 Å². The van der Waals surface area contributed by atoms with Crippen molar-refractivity contribution in [3.05, 3.63) is 65.3 Å². The summed E-state index contributed by atoms with van der Waals surface area (Å²) >= 11 is 0. The molecule has 0 aliphatic heterocycles. The van der Waals surface area contributed by atoms with Gasteiger partial charge in [-0.1, -0.05) is 24.3 Å². The fourth-order valence-corrected chi connectivity index (χ4v) is 2.13. The number of rotatable bonds is 3. The topological polar surface area (TPSA) is 34.4 Å². The summed E-state index contributed by atoms with van der Waals surface area (Å²) in [6.45, 7) is 3.77. The van der Waals surface area contributed by atoms with Crippen molar-refractivity contribution < 1.29 is 18.0 Å². The van der Waals surface area contributed by atoms with Crippen LogP contribution in [0.25, 0.3) is 0 Å². The van der Waals surface area contributed by atoms with Crippen molar-refractivity contribution in [1.82, 2.24) is 4.57 Å². The molecule has 1 heterocycles. The third kappa shape index (κ3) is 4.55. The highest BCUT2D eigenvalue weighted by Crippen LogP contribution is 2.29. The standard InChI is InChI=1S/C17H17F3N2O/c1-12(2)21-15-8-3-4-9-22(15)16(23)11-13-6-5-7-14(10-13)17(18,19)20/h3-10,12H,11H2,1-2H3. The number of pyridine rings is 1. The Hall–Kier alpha value is -2.37. The Balaban J connectivity index is 2.31. The van der Waals surface area contributed by atoms with Gasteiger partial charge in [-0.05, 0) is 37.6 Å². The zero-order chi connectivity index (χ0) is 17.0. The summed E-state index contributed by atoms with van der Waals surface area (Å²) < 4.78 is 39.6. The molecule has 2 rings (SSSR count). The van der Waals surface area contributed by atoms with E-state index in [4.69, 9.17) is 0 Å². The van der Waals surface area contributed by atoms with Crippen LogP contribution in [-0.4, -0.2) is 16.5 Å². The molecule has 0 aliphatic rings. The van der Waals surface area contributed by atoms with Crippen LogP contribution < -0.4 is 5.49 Å². The van der Waals surface area contributed by atoms with Gasteiger partial charge in [0.25, 0.3) is 0 Å². The Morgan fingerprint density at radius 1 is 1.17 bits per heavy atom. The average molecular weight is 322 g/mol. The summed E-state index contributed by atoms with van der Waals surface area (Å²) in [5.41, 5.74) is 0.0455. The summed E-state index contributed by atoms with van der Waals surface area (Å²) in [5, 5.41) is 0. The Morgan fingerprint density at radius 3 is 2.57 bits per heavy atom. The highest BCUT2D eigenvalue weighted by atomic mass is 19.4. The monoisotopic (exact) mass is 322 g/mol. The van der Waals surface area contributed by atoms with Crippen LogP contribution >= 0.6 is 0 Å². The average Bonchev–Trinajstić information content (AvgIpc) is 2.46. The number of carbonyl (C=O) groups excluding carboxylic acids is 1. The zero-order valence-electron chi connectivity index (χ0n) is 12.8. The van der Waals surface area contributed by atoms with Gasteiger partial charge in [0.2, 0.25) is 5.91 Å². The molecule has 0 atom stereocenters. The molecule has 0 fully saturated rings. The van der Waals surface area contributed by atoms with Gasteiger partial charge in [-0.15, -0.1) is 0 Å². The van der Waals surface area contributed by atoms with Gasteiger partial charge in [-0.3, -0.25) is 14.4 Å². The van der Waals surface area contributed by atoms with Gasteiger partial charge in [0.1, 0.15) is 5.49 Å². The van der Waals surface area contributed by atoms with Crippen LogP contribution in [0.4, 0.5) is 13.2 Å². The first kappa shape index (κ1) is 17.0. The number of nitrogens with zero attached hydrogens (tertiary/aromatic N) is 2. The lowest BCUT2D eigenvalue weighted by molar-refractivity contribution is -0.137. The van der Waals surface area contributed by atoms with E-state index in [0.717, 1.165) is 12.1 Å². The van der Waals surface area contributed by atoms with E-state index in [2.05, 4.69) is 4.99 Å². The lowest BCUT2D eigenvalue weighted by Gasteiger charge is -2.10. The molecule has 0 amide bonds. The van der Waals surface area contributed by atoms with Crippen LogP contribution in [-0.2, 0) is 12.6 Å². The van der Waals surface area contributed by atoms with Gasteiger partial charge in [0.15, 0.2) is 0 Å². The molecular formula is C17H17F3N2O. The van der Waals surface area contributed by atoms with E-state index in [1.54, 1.807) is 24.4 Å². The maximum atomic E-state index is 12.7. The van der Waals surface area contributed by atoms with Gasteiger partial charge < -0.3 is 0 Å². The van der Waals surface area contributed by atoms with Crippen LogP contribution in [0.1, 0.15) is 29.8 Å². The predicted octanol–water partition coefficient (Wildman–Crippen LogP) is 3.70. The molecule has 122 valence electrons. The Bertz CT molecular complexity index is 761. The zero-order valence-corrected chi connectivity index (χ0v) is 12.8. The smallest absolute Gasteiger partial charge is 0.274 e. The minimum absolute atomic E-state index is 0.00464. The fourth-order valence-electron chi connectivity index (χ4n) is 2.13. The number of hydrogen-bond acceptors (Lipinski definition) is 2. The first-order chi connectivity index (χ1) is 10.8. The predicted molar refractivity (Wildman–Crippen MR) is 80.9 cm³/mol. The second-order valence-electron chi connectivity index (χ2n) is 5.42. The molecule has 0 radical (unpaired) electrons. The quantitative estimate of drug-likeness (QED) is 0.848. The fraction of sp³-hybridized carbons (Fsp3) is 0.294. The van der Waals surface area contributed by atoms with Gasteiger partial charge >= 0.3 is 6.18 Å². The van der Waals surface area contributed by atoms with Crippen molar-refractivity contribution in [3.63, 3.8) is 0 Å². The van der Waals surface area contributed by atoms with E-state index in [9.17, 15) is 18.0 Å². The van der Waals surface area contributed by atoms with Crippen molar-refractivity contribution in [3.8, 4) is 0 Å². The summed E-state index contributed by atoms with van der Waals surface area (Å²) in [6, 6.07) is 9.95. The molecule has 0 N–H and O–H groups in total. The maximum Gasteiger partial charge on any atom is 0.416 e. The summed E-state index contributed by atoms with van der Waals surface area (Å²) in [4.78, 5) is 16.7. The molecule has 0 aliphatic carbocycles. The van der Waals surface area contributed by atoms with E-state index >= 15 is 0 Å². The van der Waals surface area contributed by atoms with Crippen LogP contribution in [0.15, 0.2) is 53.7 Å². The van der Waals surface area contributed by atoms with Crippen LogP contribution in [0, 0.1) is 0 Å². The number of benzene rings is 1. The summed E-state index contributed by atoms with van der Waals surface area (Å²) in [7, 11) is 0. The van der Waals surface area contributed by atoms with E-state index in [-0.39, 0.29) is 18.4 Å². The normalized spacial score (nSPS) is 12.7. The Kier molecular flexibility index (Phi) is 5.03. The van der Waals surface area contributed by atoms with E-state index in [1.807, 2.05) is 13.8 Å². The minimum Gasteiger partial charge on any atom is -0.274 e. The largest absolute Gasteiger partial charge is 0.416 e. The van der Waals surface area contributed by atoms with Crippen molar-refractivity contribution in [1.29, 1.82) is 0 Å². The highest BCUT2D eigenvalue weighted by Gasteiger charge is 2.30. The maximum absolute atomic E-state index is 12.7. The lowest BCUT2D eigenvalue weighted by atomic mass is 10.1. The summed E-state index contributed by atoms with van der Waals surface area (Å²) in [6.07, 6.45) is -2.98. The molecular weight excluding hydrogens is 305 g/mol. The molecule has 0 saturated carbocycles. The number of alkyl halides is 3. The van der Waals surface area contributed by atoms with Gasteiger partial charge in [0.05, 0.1) is 12.0 Å². The lowest BCUT2D eigenvalue weighted by Crippen LogP contribution is -2.28. The number of halogens is 3. The van der Waals surface area contributed by atoms with Gasteiger partial charge in [-0.25, -0.2) is 0 Å². The van der Waals surface area contributed by atoms with Crippen molar-refractivity contribution in [2.24, 2.45) is 4.99 Å². The number of carbonyl (C=O) groups is 1. The number of hydrogen-bond donors (Lipinski definition) is 0. The molecule has 6 heteroatoms. The molecule has 3 nitrogen and oxygen atoms in total. The Labute approximate surface area is 132 Å². The van der Waals surface area contributed by atoms with E-state index in [0.29, 0.717) is 11.1 Å². The highest BCUT2D eigenvalue weighted by molar-refractivity contribution is 5.81. The van der Waals surface area contributed by atoms with Crippen LogP contribution in [0.5, 0.6) is 0 Å². The first-order valence-corrected chi connectivity index (χ1v) is 7.18. The second-order valence-corrected chi connectivity index (χ2v) is 5.42. The Morgan fingerprint density at radius 2 is 1.91 bits per heavy atom. The van der Waals surface area contributed by atoms with E-state index in [1.165, 1.54) is 16.7 Å². The molecule has 0 spiro atoms. The molecule has 23 heavy (non-hydrogen) atoms. The minimum atomic E-state index is -4.42. The van der Waals surface area contributed by atoms with Crippen molar-refractivity contribution >= 4 is 5.91 Å². The second kappa shape index (κ2) is 6.81. The van der Waals surface area contributed by atoms with Crippen molar-refractivity contribution in [2.75, 3.05) is 0 Å². The molecule has 1 aromatic heterocycles. The van der Waals surface area contributed by atoms with Crippen LogP contribution in [0.3, 0.4) is 0 Å². The van der Waals surface area contributed by atoms with Gasteiger partial charge in [0, 0.05) is 12.2 Å². The molecule has 1 aromatic carbocycles.